The Balaban J connectivity index is 1.40. The molecule has 0 aliphatic carbocycles. The Bertz CT molecular complexity index is 1280. The Morgan fingerprint density at radius 2 is 1.97 bits per heavy atom. The van der Waals surface area contributed by atoms with Crippen LogP contribution in [-0.4, -0.2) is 80.9 Å². The molecule has 2 aliphatic rings. The van der Waals surface area contributed by atoms with Crippen molar-refractivity contribution >= 4 is 5.91 Å². The van der Waals surface area contributed by atoms with E-state index in [0.29, 0.717) is 24.4 Å². The molecule has 1 aromatic carbocycles. The van der Waals surface area contributed by atoms with E-state index < -0.39 is 54.5 Å². The summed E-state index contributed by atoms with van der Waals surface area (Å²) in [7, 11) is 1.41. The number of carbonyl (C=O) groups excluding carboxylic acids is 1. The number of aliphatic hydroxyl groups is 2. The van der Waals surface area contributed by atoms with Gasteiger partial charge in [0.2, 0.25) is 5.91 Å². The monoisotopic (exact) mass is 537 g/mol. The third-order valence-corrected chi connectivity index (χ3v) is 6.98. The molecule has 6 atom stereocenters. The number of nitrogens with zero attached hydrogens (tertiary/aromatic N) is 4. The van der Waals surface area contributed by atoms with Crippen LogP contribution in [0.1, 0.15) is 36.3 Å². The minimum absolute atomic E-state index is 0.0323. The number of piperidine rings is 1. The van der Waals surface area contributed by atoms with Crippen molar-refractivity contribution in [3.05, 3.63) is 53.3 Å². The Kier molecular flexibility index (Phi) is 7.47. The molecule has 204 valence electrons. The van der Waals surface area contributed by atoms with Crippen LogP contribution in [0, 0.1) is 17.5 Å². The van der Waals surface area contributed by atoms with Gasteiger partial charge in [0.25, 0.3) is 0 Å². The molecule has 1 amide bonds. The number of hydrogen-bond donors (Lipinski definition) is 3. The van der Waals surface area contributed by atoms with Crippen molar-refractivity contribution in [2.45, 2.75) is 55.6 Å². The van der Waals surface area contributed by atoms with Crippen molar-refractivity contribution in [3.8, 4) is 11.3 Å². The van der Waals surface area contributed by atoms with Gasteiger partial charge in [-0.1, -0.05) is 10.4 Å². The molecular weight excluding hydrogens is 511 g/mol. The number of hydrogen-bond acceptors (Lipinski definition) is 9. The minimum Gasteiger partial charge on any atom is -0.394 e. The molecule has 2 saturated heterocycles. The number of benzene rings is 1. The molecule has 0 radical (unpaired) electrons. The largest absolute Gasteiger partial charge is 0.394 e. The first kappa shape index (κ1) is 26.3. The summed E-state index contributed by atoms with van der Waals surface area (Å²) in [4.78, 5) is 11.7. The van der Waals surface area contributed by atoms with E-state index in [2.05, 4.69) is 20.8 Å². The highest BCUT2D eigenvalue weighted by atomic mass is 19.2. The third kappa shape index (κ3) is 5.04. The molecule has 3 aromatic rings. The van der Waals surface area contributed by atoms with E-state index in [9.17, 15) is 28.2 Å². The maximum Gasteiger partial charge on any atom is 0.220 e. The van der Waals surface area contributed by atoms with Gasteiger partial charge in [0, 0.05) is 44.0 Å². The molecule has 2 fully saturated rings. The summed E-state index contributed by atoms with van der Waals surface area (Å²) in [5.41, 5.74) is 0.628. The number of ether oxygens (including phenoxy) is 2. The van der Waals surface area contributed by atoms with Crippen molar-refractivity contribution in [2.24, 2.45) is 0 Å². The summed E-state index contributed by atoms with van der Waals surface area (Å²) in [6, 6.07) is 2.41. The van der Waals surface area contributed by atoms with E-state index in [1.165, 1.54) is 18.0 Å². The lowest BCUT2D eigenvalue weighted by atomic mass is 9.90. The minimum atomic E-state index is -1.60. The van der Waals surface area contributed by atoms with Crippen LogP contribution in [0.5, 0.6) is 0 Å². The predicted octanol–water partition coefficient (Wildman–Crippen LogP) is 1.26. The lowest BCUT2D eigenvalue weighted by Gasteiger charge is -2.43. The Morgan fingerprint density at radius 3 is 2.66 bits per heavy atom. The van der Waals surface area contributed by atoms with E-state index in [-0.39, 0.29) is 29.5 Å². The zero-order valence-corrected chi connectivity index (χ0v) is 20.3. The summed E-state index contributed by atoms with van der Waals surface area (Å²) in [5.74, 6) is -4.02. The van der Waals surface area contributed by atoms with Gasteiger partial charge in [0.05, 0.1) is 24.6 Å². The first-order chi connectivity index (χ1) is 18.3. The van der Waals surface area contributed by atoms with Crippen LogP contribution in [0.4, 0.5) is 13.2 Å². The van der Waals surface area contributed by atoms with Crippen LogP contribution in [-0.2, 0) is 20.7 Å². The van der Waals surface area contributed by atoms with E-state index in [1.807, 2.05) is 0 Å². The lowest BCUT2D eigenvalue weighted by molar-refractivity contribution is -0.212. The van der Waals surface area contributed by atoms with Gasteiger partial charge in [-0.15, -0.1) is 5.10 Å². The topological polar surface area (TPSA) is 145 Å². The van der Waals surface area contributed by atoms with Crippen molar-refractivity contribution in [3.63, 3.8) is 0 Å². The molecular formula is C24H26F3N5O6. The van der Waals surface area contributed by atoms with E-state index >= 15 is 0 Å². The summed E-state index contributed by atoms with van der Waals surface area (Å²) in [5, 5.41) is 35.7. The van der Waals surface area contributed by atoms with E-state index in [0.717, 1.165) is 18.6 Å². The van der Waals surface area contributed by atoms with Gasteiger partial charge in [0.1, 0.15) is 35.8 Å². The molecule has 0 bridgehead atoms. The fourth-order valence-electron chi connectivity index (χ4n) is 5.04. The van der Waals surface area contributed by atoms with Gasteiger partial charge >= 0.3 is 0 Å². The molecule has 2 aliphatic heterocycles. The second-order valence-corrected chi connectivity index (χ2v) is 9.38. The average molecular weight is 537 g/mol. The zero-order valence-electron chi connectivity index (χ0n) is 20.3. The zero-order chi connectivity index (χ0) is 27.0. The van der Waals surface area contributed by atoms with Crippen molar-refractivity contribution in [1.29, 1.82) is 0 Å². The third-order valence-electron chi connectivity index (χ3n) is 6.98. The quantitative estimate of drug-likeness (QED) is 0.380. The first-order valence-corrected chi connectivity index (χ1v) is 12.0. The van der Waals surface area contributed by atoms with Gasteiger partial charge in [0.15, 0.2) is 17.5 Å². The second-order valence-electron chi connectivity index (χ2n) is 9.38. The predicted molar refractivity (Wildman–Crippen MR) is 122 cm³/mol. The average Bonchev–Trinajstić information content (AvgIpc) is 3.58. The Hall–Kier alpha value is -3.33. The number of halogens is 3. The maximum atomic E-state index is 13.8. The van der Waals surface area contributed by atoms with Crippen LogP contribution in [0.15, 0.2) is 28.9 Å². The standard InChI is InChI=1S/C24H26F3N5O6/c1-36-24-18(8-13-7-16(30-38-13)11-2-3-28-20(34)6-11)37-19(10-33)23(35)22(24)32-9-17(29-31-32)12-4-14(25)21(27)15(26)5-12/h4-5,7,9,11,18-19,22-24,33,35H,2-3,6,8,10H2,1H3,(H,28,34)/t11-,18-,19-,22+,23+,24+/m1/s1. The molecule has 14 heteroatoms. The Morgan fingerprint density at radius 1 is 1.21 bits per heavy atom. The van der Waals surface area contributed by atoms with Gasteiger partial charge in [-0.05, 0) is 18.6 Å². The number of aliphatic hydroxyl groups excluding tert-OH is 2. The van der Waals surface area contributed by atoms with Crippen LogP contribution >= 0.6 is 0 Å². The fourth-order valence-corrected chi connectivity index (χ4v) is 5.04. The van der Waals surface area contributed by atoms with Gasteiger partial charge < -0.3 is 29.5 Å². The highest BCUT2D eigenvalue weighted by molar-refractivity contribution is 5.77. The van der Waals surface area contributed by atoms with Crippen molar-refractivity contribution in [2.75, 3.05) is 20.3 Å². The number of methoxy groups -OCH3 is 1. The van der Waals surface area contributed by atoms with E-state index in [1.54, 1.807) is 6.07 Å². The summed E-state index contributed by atoms with van der Waals surface area (Å²) >= 11 is 0. The molecule has 5 rings (SSSR count). The second kappa shape index (κ2) is 10.8. The maximum absolute atomic E-state index is 13.8. The van der Waals surface area contributed by atoms with Crippen molar-refractivity contribution < 1.29 is 42.2 Å². The molecule has 3 N–H and O–H groups in total. The number of amides is 1. The lowest BCUT2D eigenvalue weighted by Crippen LogP contribution is -2.57. The normalized spacial score (nSPS) is 27.9. The number of aromatic nitrogens is 4. The van der Waals surface area contributed by atoms with Crippen molar-refractivity contribution in [1.82, 2.24) is 25.5 Å². The fraction of sp³-hybridized carbons (Fsp3) is 0.500. The molecule has 38 heavy (non-hydrogen) atoms. The first-order valence-electron chi connectivity index (χ1n) is 12.0. The summed E-state index contributed by atoms with van der Waals surface area (Å²) in [6.45, 7) is 0.0391. The number of carbonyl (C=O) groups is 1. The van der Waals surface area contributed by atoms with Gasteiger partial charge in [-0.25, -0.2) is 17.9 Å². The summed E-state index contributed by atoms with van der Waals surface area (Å²) < 4.78 is 59.3. The highest BCUT2D eigenvalue weighted by Crippen LogP contribution is 2.35. The summed E-state index contributed by atoms with van der Waals surface area (Å²) in [6.07, 6.45) is -1.31. The molecule has 0 spiro atoms. The van der Waals surface area contributed by atoms with Crippen LogP contribution in [0.25, 0.3) is 11.3 Å². The van der Waals surface area contributed by atoms with Crippen LogP contribution < -0.4 is 5.32 Å². The van der Waals surface area contributed by atoms with Gasteiger partial charge in [-0.2, -0.15) is 0 Å². The van der Waals surface area contributed by atoms with Crippen LogP contribution in [0.2, 0.25) is 0 Å². The SMILES string of the molecule is CO[C@@H]1[C@@H](n2cc(-c3cc(F)c(F)c(F)c3)nn2)[C@@H](O)[C@@H](CO)O[C@@H]1Cc1cc([C@@H]2CCNC(=O)C2)no1. The smallest absolute Gasteiger partial charge is 0.220 e. The molecule has 2 aromatic heterocycles. The molecule has 0 unspecified atom stereocenters. The molecule has 4 heterocycles. The highest BCUT2D eigenvalue weighted by Gasteiger charge is 2.47. The van der Waals surface area contributed by atoms with Crippen LogP contribution in [0.3, 0.4) is 0 Å². The van der Waals surface area contributed by atoms with E-state index in [4.69, 9.17) is 14.0 Å². The number of rotatable bonds is 7. The molecule has 0 saturated carbocycles. The Labute approximate surface area is 214 Å². The molecule has 11 nitrogen and oxygen atoms in total. The number of nitrogens with one attached hydrogen (secondary N) is 1. The van der Waals surface area contributed by atoms with Gasteiger partial charge in [-0.3, -0.25) is 4.79 Å².